The van der Waals surface area contributed by atoms with E-state index < -0.39 is 0 Å². The molecule has 0 heterocycles. The van der Waals surface area contributed by atoms with E-state index in [0.717, 1.165) is 31.2 Å². The van der Waals surface area contributed by atoms with Crippen LogP contribution in [0.25, 0.3) is 0 Å². The van der Waals surface area contributed by atoms with Gasteiger partial charge in [-0.15, -0.1) is 0 Å². The maximum atomic E-state index is 12.7. The molecule has 0 spiro atoms. The van der Waals surface area contributed by atoms with Crippen LogP contribution >= 0.6 is 0 Å². The zero-order valence-electron chi connectivity index (χ0n) is 12.4. The summed E-state index contributed by atoms with van der Waals surface area (Å²) in [5.41, 5.74) is 6.75. The third-order valence-corrected chi connectivity index (χ3v) is 4.58. The van der Waals surface area contributed by atoms with Crippen molar-refractivity contribution >= 4 is 5.91 Å². The van der Waals surface area contributed by atoms with Gasteiger partial charge in [-0.25, -0.2) is 0 Å². The molecule has 1 amide bonds. The molecule has 0 aliphatic heterocycles. The van der Waals surface area contributed by atoms with E-state index in [9.17, 15) is 4.79 Å². The first-order chi connectivity index (χ1) is 9.68. The predicted molar refractivity (Wildman–Crippen MR) is 82.2 cm³/mol. The Hall–Kier alpha value is -1.35. The fourth-order valence-corrected chi connectivity index (χ4v) is 3.10. The van der Waals surface area contributed by atoms with E-state index in [0.29, 0.717) is 6.54 Å². The molecule has 1 aliphatic carbocycles. The van der Waals surface area contributed by atoms with Crippen LogP contribution in [0.5, 0.6) is 0 Å². The zero-order chi connectivity index (χ0) is 14.4. The molecule has 3 nitrogen and oxygen atoms in total. The van der Waals surface area contributed by atoms with Crippen molar-refractivity contribution in [2.45, 2.75) is 51.5 Å². The SMILES string of the molecule is C[C@H](NC(=O)C1(CN)CCCCCC1)c1ccccc1. The van der Waals surface area contributed by atoms with Gasteiger partial charge in [0.05, 0.1) is 11.5 Å². The minimum atomic E-state index is -0.348. The summed E-state index contributed by atoms with van der Waals surface area (Å²) in [6.45, 7) is 2.49. The Balaban J connectivity index is 2.05. The highest BCUT2D eigenvalue weighted by molar-refractivity contribution is 5.83. The van der Waals surface area contributed by atoms with E-state index >= 15 is 0 Å². The molecule has 1 saturated carbocycles. The Labute approximate surface area is 121 Å². The van der Waals surface area contributed by atoms with E-state index in [1.807, 2.05) is 37.3 Å². The molecule has 0 unspecified atom stereocenters. The minimum Gasteiger partial charge on any atom is -0.349 e. The topological polar surface area (TPSA) is 55.1 Å². The van der Waals surface area contributed by atoms with Crippen molar-refractivity contribution in [1.29, 1.82) is 0 Å². The summed E-state index contributed by atoms with van der Waals surface area (Å²) in [4.78, 5) is 12.7. The molecule has 3 N–H and O–H groups in total. The third-order valence-electron chi connectivity index (χ3n) is 4.58. The van der Waals surface area contributed by atoms with Gasteiger partial charge in [0.2, 0.25) is 5.91 Å². The summed E-state index contributed by atoms with van der Waals surface area (Å²) < 4.78 is 0. The number of rotatable bonds is 4. The van der Waals surface area contributed by atoms with Crippen LogP contribution < -0.4 is 11.1 Å². The Morgan fingerprint density at radius 1 is 1.20 bits per heavy atom. The summed E-state index contributed by atoms with van der Waals surface area (Å²) in [6.07, 6.45) is 6.54. The zero-order valence-corrected chi connectivity index (χ0v) is 12.4. The van der Waals surface area contributed by atoms with Gasteiger partial charge in [0.25, 0.3) is 0 Å². The molecule has 0 radical (unpaired) electrons. The highest BCUT2D eigenvalue weighted by atomic mass is 16.2. The van der Waals surface area contributed by atoms with Crippen LogP contribution in [0.2, 0.25) is 0 Å². The van der Waals surface area contributed by atoms with Gasteiger partial charge in [0.15, 0.2) is 0 Å². The highest BCUT2D eigenvalue weighted by Crippen LogP contribution is 2.35. The monoisotopic (exact) mass is 274 g/mol. The van der Waals surface area contributed by atoms with Crippen LogP contribution in [0.3, 0.4) is 0 Å². The number of amides is 1. The smallest absolute Gasteiger partial charge is 0.227 e. The molecular formula is C17H26N2O. The second kappa shape index (κ2) is 6.89. The van der Waals surface area contributed by atoms with Crippen LogP contribution in [0, 0.1) is 5.41 Å². The standard InChI is InChI=1S/C17H26N2O/c1-14(15-9-5-4-6-10-15)19-16(20)17(13-18)11-7-2-3-8-12-17/h4-6,9-10,14H,2-3,7-8,11-13,18H2,1H3,(H,19,20)/t14-/m0/s1. The average Bonchev–Trinajstić information content (AvgIpc) is 2.74. The first kappa shape index (κ1) is 15.0. The molecule has 1 aromatic carbocycles. The summed E-state index contributed by atoms with van der Waals surface area (Å²) in [5.74, 6) is 0.137. The van der Waals surface area contributed by atoms with Crippen LogP contribution in [-0.2, 0) is 4.79 Å². The van der Waals surface area contributed by atoms with Gasteiger partial charge < -0.3 is 11.1 Å². The number of nitrogens with two attached hydrogens (primary N) is 1. The minimum absolute atomic E-state index is 0.0374. The third kappa shape index (κ3) is 3.40. The number of carbonyl (C=O) groups is 1. The molecule has 3 heteroatoms. The van der Waals surface area contributed by atoms with Gasteiger partial charge in [-0.3, -0.25) is 4.79 Å². The molecule has 1 fully saturated rings. The molecule has 0 bridgehead atoms. The van der Waals surface area contributed by atoms with Gasteiger partial charge in [0.1, 0.15) is 0 Å². The fraction of sp³-hybridized carbons (Fsp3) is 0.588. The van der Waals surface area contributed by atoms with Crippen molar-refractivity contribution in [3.8, 4) is 0 Å². The molecule has 110 valence electrons. The summed E-state index contributed by atoms with van der Waals surface area (Å²) in [6, 6.07) is 10.1. The van der Waals surface area contributed by atoms with Crippen molar-refractivity contribution in [3.63, 3.8) is 0 Å². The first-order valence-electron chi connectivity index (χ1n) is 7.74. The number of nitrogens with one attached hydrogen (secondary N) is 1. The van der Waals surface area contributed by atoms with Crippen LogP contribution in [-0.4, -0.2) is 12.5 Å². The van der Waals surface area contributed by atoms with Crippen LogP contribution in [0.1, 0.15) is 57.1 Å². The Bertz CT molecular complexity index is 422. The lowest BCUT2D eigenvalue weighted by Crippen LogP contribution is -2.46. The number of benzene rings is 1. The van der Waals surface area contributed by atoms with Gasteiger partial charge in [0, 0.05) is 6.54 Å². The summed E-state index contributed by atoms with van der Waals surface area (Å²) >= 11 is 0. The maximum absolute atomic E-state index is 12.7. The van der Waals surface area contributed by atoms with E-state index in [1.54, 1.807) is 0 Å². The van der Waals surface area contributed by atoms with Gasteiger partial charge in [-0.2, -0.15) is 0 Å². The Kier molecular flexibility index (Phi) is 5.18. The largest absolute Gasteiger partial charge is 0.349 e. The van der Waals surface area contributed by atoms with Crippen LogP contribution in [0.4, 0.5) is 0 Å². The van der Waals surface area contributed by atoms with Crippen molar-refractivity contribution in [2.75, 3.05) is 6.54 Å². The van der Waals surface area contributed by atoms with Gasteiger partial charge in [-0.1, -0.05) is 56.0 Å². The Morgan fingerprint density at radius 3 is 2.35 bits per heavy atom. The van der Waals surface area contributed by atoms with Gasteiger partial charge >= 0.3 is 0 Å². The lowest BCUT2D eigenvalue weighted by atomic mass is 9.79. The number of hydrogen-bond acceptors (Lipinski definition) is 2. The van der Waals surface area contributed by atoms with E-state index in [4.69, 9.17) is 5.73 Å². The molecule has 1 atom stereocenters. The van der Waals surface area contributed by atoms with Crippen molar-refractivity contribution in [2.24, 2.45) is 11.1 Å². The quantitative estimate of drug-likeness (QED) is 0.829. The average molecular weight is 274 g/mol. The predicted octanol–water partition coefficient (Wildman–Crippen LogP) is 3.16. The molecule has 0 aromatic heterocycles. The summed E-state index contributed by atoms with van der Waals surface area (Å²) in [5, 5.41) is 3.17. The van der Waals surface area contributed by atoms with E-state index in [-0.39, 0.29) is 17.4 Å². The van der Waals surface area contributed by atoms with Crippen molar-refractivity contribution in [3.05, 3.63) is 35.9 Å². The normalized spacial score (nSPS) is 19.9. The van der Waals surface area contributed by atoms with Crippen molar-refractivity contribution < 1.29 is 4.79 Å². The second-order valence-electron chi connectivity index (χ2n) is 6.00. The lowest BCUT2D eigenvalue weighted by molar-refractivity contribution is -0.132. The number of hydrogen-bond donors (Lipinski definition) is 2. The maximum Gasteiger partial charge on any atom is 0.227 e. The molecule has 1 aromatic rings. The molecule has 20 heavy (non-hydrogen) atoms. The molecule has 2 rings (SSSR count). The Morgan fingerprint density at radius 2 is 1.80 bits per heavy atom. The molecule has 0 saturated heterocycles. The molecular weight excluding hydrogens is 248 g/mol. The summed E-state index contributed by atoms with van der Waals surface area (Å²) in [7, 11) is 0. The molecule has 1 aliphatic rings. The number of carbonyl (C=O) groups excluding carboxylic acids is 1. The fourth-order valence-electron chi connectivity index (χ4n) is 3.10. The lowest BCUT2D eigenvalue weighted by Gasteiger charge is -2.31. The van der Waals surface area contributed by atoms with Crippen molar-refractivity contribution in [1.82, 2.24) is 5.32 Å². The highest BCUT2D eigenvalue weighted by Gasteiger charge is 2.37. The second-order valence-corrected chi connectivity index (χ2v) is 6.00. The van der Waals surface area contributed by atoms with E-state index in [2.05, 4.69) is 5.32 Å². The van der Waals surface area contributed by atoms with Gasteiger partial charge in [-0.05, 0) is 25.3 Å². The van der Waals surface area contributed by atoms with Crippen LogP contribution in [0.15, 0.2) is 30.3 Å². The first-order valence-corrected chi connectivity index (χ1v) is 7.74. The van der Waals surface area contributed by atoms with E-state index in [1.165, 1.54) is 12.8 Å².